The number of hydrogen-bond acceptors (Lipinski definition) is 11. The van der Waals surface area contributed by atoms with Gasteiger partial charge in [-0.3, -0.25) is 19.2 Å². The minimum absolute atomic E-state index is 0.264. The average molecular weight is 390 g/mol. The van der Waals surface area contributed by atoms with Crippen molar-refractivity contribution in [2.75, 3.05) is 0 Å². The molecule has 144 valence electrons. The van der Waals surface area contributed by atoms with Crippen LogP contribution in [-0.2, 0) is 47.6 Å². The zero-order valence-electron chi connectivity index (χ0n) is 14.5. The minimum atomic E-state index is -1.30. The predicted octanol–water partition coefficient (Wildman–Crippen LogP) is -0.204. The molecule has 1 saturated carbocycles. The second-order valence-electron chi connectivity index (χ2n) is 5.71. The molecule has 6 atom stereocenters. The molecule has 0 N–H and O–H groups in total. The highest BCUT2D eigenvalue weighted by Crippen LogP contribution is 2.37. The Kier molecular flexibility index (Phi) is 6.01. The summed E-state index contributed by atoms with van der Waals surface area (Å²) in [6.07, 6.45) is -7.03. The molecule has 11 heteroatoms. The number of fused-ring (bicyclic) bond motifs is 1. The van der Waals surface area contributed by atoms with Crippen LogP contribution in [0.4, 0.5) is 0 Å². The lowest BCUT2D eigenvalue weighted by molar-refractivity contribution is -0.234. The first kappa shape index (κ1) is 19.9. The first-order valence-electron chi connectivity index (χ1n) is 7.66. The Morgan fingerprint density at radius 1 is 0.654 bits per heavy atom. The third-order valence-corrected chi connectivity index (χ3v) is 3.81. The lowest BCUT2D eigenvalue weighted by Gasteiger charge is -2.43. The molecular formula is C15H18O10S. The Bertz CT molecular complexity index is 580. The molecule has 0 amide bonds. The van der Waals surface area contributed by atoms with Crippen molar-refractivity contribution in [2.24, 2.45) is 0 Å². The molecule has 2 fully saturated rings. The standard InChI is InChI=1S/C15H18O10S/c1-5(16)20-9-10(21-6(2)17)12(23-8(4)19)14-13(24-15(26)25-14)11(9)22-7(3)18/h9-14H,1-4H3/t9-,10-,11+,12+,13-,14+/m0/s1. The Morgan fingerprint density at radius 3 is 1.19 bits per heavy atom. The van der Waals surface area contributed by atoms with Crippen LogP contribution in [0.25, 0.3) is 0 Å². The third kappa shape index (κ3) is 4.40. The fourth-order valence-corrected chi connectivity index (χ4v) is 3.17. The van der Waals surface area contributed by atoms with Gasteiger partial charge in [-0.15, -0.1) is 0 Å². The lowest BCUT2D eigenvalue weighted by Crippen LogP contribution is -2.66. The van der Waals surface area contributed by atoms with Crippen LogP contribution in [0, 0.1) is 0 Å². The maximum absolute atomic E-state index is 11.6. The molecule has 0 bridgehead atoms. The van der Waals surface area contributed by atoms with E-state index >= 15 is 0 Å². The number of thiocarbonyl (C=S) groups is 1. The molecule has 1 aliphatic carbocycles. The molecule has 0 aromatic rings. The van der Waals surface area contributed by atoms with Crippen LogP contribution < -0.4 is 0 Å². The molecular weight excluding hydrogens is 372 g/mol. The van der Waals surface area contributed by atoms with Crippen molar-refractivity contribution in [2.45, 2.75) is 64.3 Å². The summed E-state index contributed by atoms with van der Waals surface area (Å²) < 4.78 is 31.6. The first-order valence-corrected chi connectivity index (χ1v) is 8.07. The van der Waals surface area contributed by atoms with Crippen LogP contribution in [0.3, 0.4) is 0 Å². The van der Waals surface area contributed by atoms with Crippen molar-refractivity contribution in [3.63, 3.8) is 0 Å². The molecule has 1 heterocycles. The van der Waals surface area contributed by atoms with E-state index in [0.717, 1.165) is 27.7 Å². The topological polar surface area (TPSA) is 124 Å². The van der Waals surface area contributed by atoms with Gasteiger partial charge in [0.05, 0.1) is 0 Å². The van der Waals surface area contributed by atoms with Gasteiger partial charge in [-0.25, -0.2) is 0 Å². The van der Waals surface area contributed by atoms with E-state index in [9.17, 15) is 19.2 Å². The summed E-state index contributed by atoms with van der Waals surface area (Å²) in [7, 11) is 0. The number of ether oxygens (including phenoxy) is 6. The summed E-state index contributed by atoms with van der Waals surface area (Å²) >= 11 is 4.88. The highest BCUT2D eigenvalue weighted by atomic mass is 32.1. The maximum atomic E-state index is 11.6. The van der Waals surface area contributed by atoms with Gasteiger partial charge in [-0.05, 0) is 0 Å². The van der Waals surface area contributed by atoms with Gasteiger partial charge in [0.25, 0.3) is 0 Å². The highest BCUT2D eigenvalue weighted by Gasteiger charge is 2.62. The summed E-state index contributed by atoms with van der Waals surface area (Å²) in [5.74, 6) is -2.85. The summed E-state index contributed by atoms with van der Waals surface area (Å²) in [5, 5.41) is -0.264. The Morgan fingerprint density at radius 2 is 0.923 bits per heavy atom. The number of esters is 4. The summed E-state index contributed by atoms with van der Waals surface area (Å²) in [5.41, 5.74) is 0. The molecule has 1 saturated heterocycles. The Hall–Kier alpha value is -2.43. The van der Waals surface area contributed by atoms with E-state index in [2.05, 4.69) is 0 Å². The Labute approximate surface area is 154 Å². The van der Waals surface area contributed by atoms with Crippen molar-refractivity contribution in [3.05, 3.63) is 0 Å². The molecule has 1 aliphatic heterocycles. The van der Waals surface area contributed by atoms with E-state index < -0.39 is 60.5 Å². The molecule has 0 unspecified atom stereocenters. The van der Waals surface area contributed by atoms with Crippen LogP contribution in [0.1, 0.15) is 27.7 Å². The first-order chi connectivity index (χ1) is 12.1. The van der Waals surface area contributed by atoms with Gasteiger partial charge in [0.2, 0.25) is 0 Å². The SMILES string of the molecule is CC(=O)O[C@H]1[C@H](OC(C)=O)[C@@H](OC(C)=O)[C@@H]2OC(=S)O[C@@H]2[C@@H]1OC(C)=O. The monoisotopic (exact) mass is 390 g/mol. The summed E-state index contributed by atoms with van der Waals surface area (Å²) in [6, 6.07) is 0. The van der Waals surface area contributed by atoms with Crippen LogP contribution >= 0.6 is 12.2 Å². The Balaban J connectivity index is 2.49. The fraction of sp³-hybridized carbons (Fsp3) is 0.667. The third-order valence-electron chi connectivity index (χ3n) is 3.62. The van der Waals surface area contributed by atoms with Crippen LogP contribution in [-0.4, -0.2) is 65.7 Å². The molecule has 0 aromatic carbocycles. The predicted molar refractivity (Wildman–Crippen MR) is 84.6 cm³/mol. The molecule has 0 radical (unpaired) electrons. The van der Waals surface area contributed by atoms with Crippen molar-refractivity contribution in [3.8, 4) is 0 Å². The van der Waals surface area contributed by atoms with Gasteiger partial charge in [-0.2, -0.15) is 0 Å². The average Bonchev–Trinajstić information content (AvgIpc) is 2.86. The van der Waals surface area contributed by atoms with Gasteiger partial charge in [0, 0.05) is 39.9 Å². The van der Waals surface area contributed by atoms with E-state index in [1.807, 2.05) is 0 Å². The quantitative estimate of drug-likeness (QED) is 0.360. The van der Waals surface area contributed by atoms with E-state index in [1.165, 1.54) is 0 Å². The zero-order chi connectivity index (χ0) is 19.6. The molecule has 26 heavy (non-hydrogen) atoms. The molecule has 10 nitrogen and oxygen atoms in total. The largest absolute Gasteiger partial charge is 0.454 e. The normalized spacial score (nSPS) is 32.4. The van der Waals surface area contributed by atoms with Crippen LogP contribution in [0.5, 0.6) is 0 Å². The van der Waals surface area contributed by atoms with Gasteiger partial charge < -0.3 is 28.4 Å². The van der Waals surface area contributed by atoms with Gasteiger partial charge in [0.15, 0.2) is 36.6 Å². The lowest BCUT2D eigenvalue weighted by atomic mass is 9.84. The van der Waals surface area contributed by atoms with Gasteiger partial charge in [-0.1, -0.05) is 0 Å². The molecule has 0 spiro atoms. The van der Waals surface area contributed by atoms with Crippen molar-refractivity contribution in [1.29, 1.82) is 0 Å². The van der Waals surface area contributed by atoms with E-state index in [4.69, 9.17) is 40.6 Å². The van der Waals surface area contributed by atoms with Gasteiger partial charge in [0.1, 0.15) is 0 Å². The molecule has 0 aromatic heterocycles. The van der Waals surface area contributed by atoms with Gasteiger partial charge >= 0.3 is 29.1 Å². The number of hydrogen-bond donors (Lipinski definition) is 0. The van der Waals surface area contributed by atoms with Crippen molar-refractivity contribution >= 4 is 41.3 Å². The smallest absolute Gasteiger partial charge is 0.353 e. The van der Waals surface area contributed by atoms with Crippen molar-refractivity contribution in [1.82, 2.24) is 0 Å². The van der Waals surface area contributed by atoms with Crippen LogP contribution in [0.2, 0.25) is 0 Å². The second-order valence-corrected chi connectivity index (χ2v) is 6.04. The maximum Gasteiger partial charge on any atom is 0.353 e. The second kappa shape index (κ2) is 7.85. The number of carbonyl (C=O) groups is 4. The fourth-order valence-electron chi connectivity index (χ4n) is 2.94. The summed E-state index contributed by atoms with van der Waals surface area (Å²) in [6.45, 7) is 4.54. The number of carbonyl (C=O) groups excluding carboxylic acids is 4. The van der Waals surface area contributed by atoms with E-state index in [-0.39, 0.29) is 5.24 Å². The van der Waals surface area contributed by atoms with Crippen molar-refractivity contribution < 1.29 is 47.6 Å². The molecule has 2 rings (SSSR count). The van der Waals surface area contributed by atoms with E-state index in [0.29, 0.717) is 0 Å². The molecule has 2 aliphatic rings. The zero-order valence-corrected chi connectivity index (χ0v) is 15.3. The van der Waals surface area contributed by atoms with Crippen LogP contribution in [0.15, 0.2) is 0 Å². The van der Waals surface area contributed by atoms with E-state index in [1.54, 1.807) is 0 Å². The number of rotatable bonds is 4. The highest BCUT2D eigenvalue weighted by molar-refractivity contribution is 7.79. The minimum Gasteiger partial charge on any atom is -0.454 e. The summed E-state index contributed by atoms with van der Waals surface area (Å²) in [4.78, 5) is 46.1.